The standard InChI is InChI=1S/C22H19FN4O/c1-14-4-8-19(9-5-14)25-22(28)17(13-24)12-21-15(2)26-27(16(21)3)20-10-6-18(23)7-11-20/h4-12H,1-3H3,(H,25,28)/b17-12+. The maximum atomic E-state index is 13.2. The molecule has 5 nitrogen and oxygen atoms in total. The van der Waals surface area contributed by atoms with Crippen molar-refractivity contribution in [1.29, 1.82) is 5.26 Å². The SMILES string of the molecule is Cc1ccc(NC(=O)/C(C#N)=C/c2c(C)nn(-c3ccc(F)cc3)c2C)cc1. The number of hydrogen-bond donors (Lipinski definition) is 1. The van der Waals surface area contributed by atoms with Crippen molar-refractivity contribution in [3.63, 3.8) is 0 Å². The third-order valence-corrected chi connectivity index (χ3v) is 4.38. The van der Waals surface area contributed by atoms with Gasteiger partial charge < -0.3 is 5.32 Å². The van der Waals surface area contributed by atoms with Gasteiger partial charge in [-0.15, -0.1) is 0 Å². The van der Waals surface area contributed by atoms with E-state index in [4.69, 9.17) is 0 Å². The van der Waals surface area contributed by atoms with Crippen molar-refractivity contribution in [1.82, 2.24) is 9.78 Å². The van der Waals surface area contributed by atoms with Crippen molar-refractivity contribution in [2.75, 3.05) is 5.32 Å². The minimum Gasteiger partial charge on any atom is -0.321 e. The molecule has 6 heteroatoms. The first-order valence-electron chi connectivity index (χ1n) is 8.71. The second-order valence-electron chi connectivity index (χ2n) is 6.46. The van der Waals surface area contributed by atoms with Gasteiger partial charge in [-0.2, -0.15) is 10.4 Å². The summed E-state index contributed by atoms with van der Waals surface area (Å²) in [5.41, 5.74) is 4.47. The van der Waals surface area contributed by atoms with E-state index in [1.54, 1.807) is 35.9 Å². The Morgan fingerprint density at radius 3 is 2.36 bits per heavy atom. The molecule has 0 fully saturated rings. The molecule has 1 N–H and O–H groups in total. The number of halogens is 1. The number of anilines is 1. The highest BCUT2D eigenvalue weighted by Gasteiger charge is 2.15. The smallest absolute Gasteiger partial charge is 0.266 e. The zero-order valence-corrected chi connectivity index (χ0v) is 15.8. The van der Waals surface area contributed by atoms with E-state index in [9.17, 15) is 14.4 Å². The van der Waals surface area contributed by atoms with Crippen LogP contribution in [0.4, 0.5) is 10.1 Å². The van der Waals surface area contributed by atoms with Crippen LogP contribution in [0.1, 0.15) is 22.5 Å². The molecule has 3 aromatic rings. The van der Waals surface area contributed by atoms with Crippen molar-refractivity contribution in [2.24, 2.45) is 0 Å². The van der Waals surface area contributed by atoms with E-state index in [0.717, 1.165) is 11.3 Å². The molecule has 1 heterocycles. The van der Waals surface area contributed by atoms with Crippen molar-refractivity contribution >= 4 is 17.7 Å². The molecule has 0 saturated carbocycles. The minimum absolute atomic E-state index is 0.0227. The quantitative estimate of drug-likeness (QED) is 0.541. The number of hydrogen-bond acceptors (Lipinski definition) is 3. The first-order valence-corrected chi connectivity index (χ1v) is 8.71. The van der Waals surface area contributed by atoms with E-state index >= 15 is 0 Å². The summed E-state index contributed by atoms with van der Waals surface area (Å²) in [7, 11) is 0. The molecule has 3 rings (SSSR count). The van der Waals surface area contributed by atoms with Crippen LogP contribution < -0.4 is 5.32 Å². The van der Waals surface area contributed by atoms with E-state index in [-0.39, 0.29) is 11.4 Å². The van der Waals surface area contributed by atoms with Crippen molar-refractivity contribution in [3.05, 3.63) is 82.4 Å². The van der Waals surface area contributed by atoms with Gasteiger partial charge in [0.25, 0.3) is 5.91 Å². The normalized spacial score (nSPS) is 11.2. The van der Waals surface area contributed by atoms with Crippen molar-refractivity contribution in [2.45, 2.75) is 20.8 Å². The molecule has 0 radical (unpaired) electrons. The van der Waals surface area contributed by atoms with Gasteiger partial charge in [0.1, 0.15) is 17.5 Å². The van der Waals surface area contributed by atoms with Crippen LogP contribution in [0.25, 0.3) is 11.8 Å². The number of carbonyl (C=O) groups excluding carboxylic acids is 1. The number of nitrogens with zero attached hydrogens (tertiary/aromatic N) is 3. The fourth-order valence-electron chi connectivity index (χ4n) is 2.83. The number of nitrogens with one attached hydrogen (secondary N) is 1. The van der Waals surface area contributed by atoms with Crippen LogP contribution in [-0.2, 0) is 4.79 Å². The number of rotatable bonds is 4. The van der Waals surface area contributed by atoms with Gasteiger partial charge in [0, 0.05) is 16.9 Å². The van der Waals surface area contributed by atoms with Crippen LogP contribution in [-0.4, -0.2) is 15.7 Å². The third-order valence-electron chi connectivity index (χ3n) is 4.38. The van der Waals surface area contributed by atoms with E-state index in [1.165, 1.54) is 18.2 Å². The Bertz CT molecular complexity index is 1090. The van der Waals surface area contributed by atoms with Crippen LogP contribution in [0.5, 0.6) is 0 Å². The van der Waals surface area contributed by atoms with Crippen molar-refractivity contribution < 1.29 is 9.18 Å². The number of benzene rings is 2. The van der Waals surface area contributed by atoms with Gasteiger partial charge in [-0.1, -0.05) is 17.7 Å². The topological polar surface area (TPSA) is 70.7 Å². The number of amides is 1. The van der Waals surface area contributed by atoms with E-state index < -0.39 is 5.91 Å². The molecule has 1 aromatic heterocycles. The molecule has 0 aliphatic rings. The lowest BCUT2D eigenvalue weighted by molar-refractivity contribution is -0.112. The molecule has 0 bridgehead atoms. The predicted molar refractivity (Wildman–Crippen MR) is 106 cm³/mol. The van der Waals surface area contributed by atoms with E-state index in [1.807, 2.05) is 32.0 Å². The Morgan fingerprint density at radius 2 is 1.75 bits per heavy atom. The lowest BCUT2D eigenvalue weighted by atomic mass is 10.1. The van der Waals surface area contributed by atoms with Gasteiger partial charge in [0.15, 0.2) is 0 Å². The average molecular weight is 374 g/mol. The molecule has 0 spiro atoms. The molecule has 0 saturated heterocycles. The first-order chi connectivity index (χ1) is 13.4. The fourth-order valence-corrected chi connectivity index (χ4v) is 2.83. The first kappa shape index (κ1) is 19.1. The van der Waals surface area contributed by atoms with Gasteiger partial charge >= 0.3 is 0 Å². The molecular weight excluding hydrogens is 355 g/mol. The summed E-state index contributed by atoms with van der Waals surface area (Å²) in [6, 6.07) is 15.2. The van der Waals surface area contributed by atoms with Crippen molar-refractivity contribution in [3.8, 4) is 11.8 Å². The third kappa shape index (κ3) is 3.99. The minimum atomic E-state index is -0.486. The van der Waals surface area contributed by atoms with Crippen LogP contribution in [0.3, 0.4) is 0 Å². The van der Waals surface area contributed by atoms with Crippen LogP contribution in [0.15, 0.2) is 54.1 Å². The summed E-state index contributed by atoms with van der Waals surface area (Å²) >= 11 is 0. The highest BCUT2D eigenvalue weighted by Crippen LogP contribution is 2.21. The summed E-state index contributed by atoms with van der Waals surface area (Å²) < 4.78 is 14.8. The van der Waals surface area contributed by atoms with Gasteiger partial charge in [-0.3, -0.25) is 4.79 Å². The van der Waals surface area contributed by atoms with Crippen LogP contribution in [0, 0.1) is 37.9 Å². The Morgan fingerprint density at radius 1 is 1.11 bits per heavy atom. The maximum Gasteiger partial charge on any atom is 0.266 e. The Labute approximate surface area is 162 Å². The lowest BCUT2D eigenvalue weighted by Crippen LogP contribution is -2.13. The predicted octanol–water partition coefficient (Wildman–Crippen LogP) is 4.48. The highest BCUT2D eigenvalue weighted by molar-refractivity contribution is 6.09. The highest BCUT2D eigenvalue weighted by atomic mass is 19.1. The van der Waals surface area contributed by atoms with Gasteiger partial charge in [0.05, 0.1) is 11.4 Å². The number of aromatic nitrogens is 2. The zero-order chi connectivity index (χ0) is 20.3. The van der Waals surface area contributed by atoms with Gasteiger partial charge in [-0.25, -0.2) is 9.07 Å². The Hall–Kier alpha value is -3.72. The molecule has 0 aliphatic carbocycles. The fraction of sp³-hybridized carbons (Fsp3) is 0.136. The second-order valence-corrected chi connectivity index (χ2v) is 6.46. The van der Waals surface area contributed by atoms with Gasteiger partial charge in [-0.05, 0) is 63.2 Å². The molecule has 0 unspecified atom stereocenters. The summed E-state index contributed by atoms with van der Waals surface area (Å²) in [4.78, 5) is 12.5. The lowest BCUT2D eigenvalue weighted by Gasteiger charge is -2.06. The monoisotopic (exact) mass is 374 g/mol. The second kappa shape index (κ2) is 7.89. The average Bonchev–Trinajstić information content (AvgIpc) is 2.96. The van der Waals surface area contributed by atoms with Crippen LogP contribution >= 0.6 is 0 Å². The number of aryl methyl sites for hydroxylation is 2. The summed E-state index contributed by atoms with van der Waals surface area (Å²) in [6.45, 7) is 5.59. The summed E-state index contributed by atoms with van der Waals surface area (Å²) in [5.74, 6) is -0.815. The zero-order valence-electron chi connectivity index (χ0n) is 15.8. The molecule has 28 heavy (non-hydrogen) atoms. The molecule has 2 aromatic carbocycles. The van der Waals surface area contributed by atoms with E-state index in [0.29, 0.717) is 22.6 Å². The maximum absolute atomic E-state index is 13.2. The van der Waals surface area contributed by atoms with Gasteiger partial charge in [0.2, 0.25) is 0 Å². The number of carbonyl (C=O) groups is 1. The Kier molecular flexibility index (Phi) is 5.37. The molecule has 0 aliphatic heterocycles. The molecule has 1 amide bonds. The van der Waals surface area contributed by atoms with E-state index in [2.05, 4.69) is 10.4 Å². The summed E-state index contributed by atoms with van der Waals surface area (Å²) in [6.07, 6.45) is 1.53. The van der Waals surface area contributed by atoms with Crippen LogP contribution in [0.2, 0.25) is 0 Å². The largest absolute Gasteiger partial charge is 0.321 e. The Balaban J connectivity index is 1.92. The molecule has 0 atom stereocenters. The summed E-state index contributed by atoms with van der Waals surface area (Å²) in [5, 5.41) is 16.7. The molecule has 140 valence electrons. The molecular formula is C22H19FN4O. The number of nitriles is 1.